The van der Waals surface area contributed by atoms with Crippen LogP contribution in [0.2, 0.25) is 0 Å². The van der Waals surface area contributed by atoms with Gasteiger partial charge in [0.2, 0.25) is 5.91 Å². The van der Waals surface area contributed by atoms with E-state index in [-0.39, 0.29) is 35.5 Å². The standard InChI is InChI=1S/C34H37FN10O/c1-7-26(46)44-13-11-22(15-21(44)10-12-36)45-32-23-14-20(3)28(27-19(2)8-9-25-24(27)16-37-39-25)29(35)30(23)38-33(31(32)40-41-45)43-17-34(4,18-43)42(5)6/h7-9,14,16,21-22H,1,10-11,13,15,17-18H2,2-6H3,(H,37,39)/t21-,22+/m1/s1. The maximum Gasteiger partial charge on any atom is 0.246 e. The van der Waals surface area contributed by atoms with E-state index in [0.717, 1.165) is 33.1 Å². The van der Waals surface area contributed by atoms with Crippen LogP contribution in [0.25, 0.3) is 44.0 Å². The summed E-state index contributed by atoms with van der Waals surface area (Å²) >= 11 is 0. The van der Waals surface area contributed by atoms with Crippen molar-refractivity contribution < 1.29 is 9.18 Å². The van der Waals surface area contributed by atoms with Gasteiger partial charge in [-0.25, -0.2) is 14.1 Å². The Bertz CT molecular complexity index is 2080. The van der Waals surface area contributed by atoms with E-state index in [9.17, 15) is 10.1 Å². The molecule has 236 valence electrons. The lowest BCUT2D eigenvalue weighted by atomic mass is 9.90. The predicted octanol–water partition coefficient (Wildman–Crippen LogP) is 5.05. The number of aromatic amines is 1. The Balaban J connectivity index is 1.44. The van der Waals surface area contributed by atoms with Crippen molar-refractivity contribution in [3.05, 3.63) is 54.0 Å². The van der Waals surface area contributed by atoms with Crippen molar-refractivity contribution in [1.29, 1.82) is 5.26 Å². The van der Waals surface area contributed by atoms with Gasteiger partial charge in [0.25, 0.3) is 0 Å². The Hall–Kier alpha value is -4.89. The van der Waals surface area contributed by atoms with Crippen molar-refractivity contribution >= 4 is 44.6 Å². The molecule has 0 unspecified atom stereocenters. The van der Waals surface area contributed by atoms with Crippen LogP contribution in [0.15, 0.2) is 37.1 Å². The number of likely N-dealkylation sites (tertiary alicyclic amines) is 1. The van der Waals surface area contributed by atoms with E-state index >= 15 is 4.39 Å². The third-order valence-electron chi connectivity index (χ3n) is 10.2. The molecule has 3 aromatic heterocycles. The highest BCUT2D eigenvalue weighted by Gasteiger charge is 2.43. The summed E-state index contributed by atoms with van der Waals surface area (Å²) in [6, 6.07) is 7.72. The zero-order valence-corrected chi connectivity index (χ0v) is 26.8. The number of fused-ring (bicyclic) bond motifs is 4. The molecule has 7 rings (SSSR count). The third-order valence-corrected chi connectivity index (χ3v) is 10.2. The first-order valence-electron chi connectivity index (χ1n) is 15.6. The van der Waals surface area contributed by atoms with Gasteiger partial charge in [-0.2, -0.15) is 10.4 Å². The first kappa shape index (κ1) is 29.8. The first-order chi connectivity index (χ1) is 22.1. The molecule has 2 atom stereocenters. The fourth-order valence-corrected chi connectivity index (χ4v) is 7.32. The number of pyridine rings is 1. The number of carbonyl (C=O) groups is 1. The van der Waals surface area contributed by atoms with Gasteiger partial charge in [-0.3, -0.25) is 9.89 Å². The molecule has 11 nitrogen and oxygen atoms in total. The van der Waals surface area contributed by atoms with Crippen LogP contribution in [0.4, 0.5) is 10.2 Å². The monoisotopic (exact) mass is 620 g/mol. The summed E-state index contributed by atoms with van der Waals surface area (Å²) in [5, 5.41) is 27.6. The smallest absolute Gasteiger partial charge is 0.246 e. The highest BCUT2D eigenvalue weighted by Crippen LogP contribution is 2.43. The molecule has 1 N–H and O–H groups in total. The minimum atomic E-state index is -0.396. The molecule has 5 heterocycles. The van der Waals surface area contributed by atoms with E-state index in [1.54, 1.807) is 11.1 Å². The van der Waals surface area contributed by atoms with Gasteiger partial charge in [0.15, 0.2) is 17.2 Å². The van der Waals surface area contributed by atoms with Crippen LogP contribution in [-0.2, 0) is 4.79 Å². The molecule has 0 spiro atoms. The van der Waals surface area contributed by atoms with Crippen molar-refractivity contribution in [2.75, 3.05) is 38.6 Å². The highest BCUT2D eigenvalue weighted by atomic mass is 19.1. The Morgan fingerprint density at radius 3 is 2.72 bits per heavy atom. The molecule has 2 saturated heterocycles. The predicted molar refractivity (Wildman–Crippen MR) is 176 cm³/mol. The zero-order chi connectivity index (χ0) is 32.5. The maximum atomic E-state index is 17.2. The van der Waals surface area contributed by atoms with Crippen molar-refractivity contribution in [2.24, 2.45) is 0 Å². The fourth-order valence-electron chi connectivity index (χ4n) is 7.32. The first-order valence-corrected chi connectivity index (χ1v) is 15.6. The molecule has 2 aliphatic heterocycles. The number of rotatable bonds is 6. The minimum Gasteiger partial charge on any atom is -0.351 e. The number of hydrogen-bond donors (Lipinski definition) is 1. The second-order valence-electron chi connectivity index (χ2n) is 13.2. The van der Waals surface area contributed by atoms with Crippen LogP contribution >= 0.6 is 0 Å². The number of anilines is 1. The third kappa shape index (κ3) is 4.44. The molecular formula is C34H37FN10O. The van der Waals surface area contributed by atoms with E-state index in [4.69, 9.17) is 4.98 Å². The number of nitriles is 1. The number of aryl methyl sites for hydroxylation is 2. The van der Waals surface area contributed by atoms with Crippen LogP contribution < -0.4 is 4.90 Å². The SMILES string of the molecule is C=CC(=O)N1CC[C@H](n2nnc3c(N4CC(C)(N(C)C)C4)nc4c(F)c(-c5c(C)ccc6[nH]ncc56)c(C)cc4c32)C[C@H]1CC#N. The van der Waals surface area contributed by atoms with E-state index in [1.165, 1.54) is 6.08 Å². The number of carbonyl (C=O) groups excluding carboxylic acids is 1. The molecule has 2 aliphatic rings. The average molecular weight is 621 g/mol. The molecule has 0 bridgehead atoms. The lowest BCUT2D eigenvalue weighted by molar-refractivity contribution is -0.130. The van der Waals surface area contributed by atoms with Gasteiger partial charge in [-0.1, -0.05) is 17.9 Å². The highest BCUT2D eigenvalue weighted by molar-refractivity contribution is 6.09. The molecule has 5 aromatic rings. The maximum absolute atomic E-state index is 17.2. The van der Waals surface area contributed by atoms with Gasteiger partial charge in [0.05, 0.1) is 35.8 Å². The summed E-state index contributed by atoms with van der Waals surface area (Å²) in [4.78, 5) is 23.7. The Kier molecular flexibility index (Phi) is 7.05. The average Bonchev–Trinajstić information content (AvgIpc) is 3.68. The fraction of sp³-hybridized carbons (Fsp3) is 0.412. The number of likely N-dealkylation sites (N-methyl/N-ethyl adjacent to an activating group) is 1. The van der Waals surface area contributed by atoms with Crippen molar-refractivity contribution in [2.45, 2.75) is 57.7 Å². The minimum absolute atomic E-state index is 0.0565. The number of H-pyrrole nitrogens is 1. The molecule has 12 heteroatoms. The second-order valence-corrected chi connectivity index (χ2v) is 13.2. The number of nitrogens with one attached hydrogen (secondary N) is 1. The number of amides is 1. The molecule has 0 aliphatic carbocycles. The van der Waals surface area contributed by atoms with Crippen LogP contribution in [0, 0.1) is 31.0 Å². The Labute approximate surface area is 266 Å². The van der Waals surface area contributed by atoms with Crippen LogP contribution in [0.3, 0.4) is 0 Å². The number of benzene rings is 2. The number of halogens is 1. The van der Waals surface area contributed by atoms with Crippen molar-refractivity contribution in [1.82, 2.24) is 40.0 Å². The van der Waals surface area contributed by atoms with Crippen molar-refractivity contribution in [3.63, 3.8) is 0 Å². The summed E-state index contributed by atoms with van der Waals surface area (Å²) < 4.78 is 19.0. The summed E-state index contributed by atoms with van der Waals surface area (Å²) in [6.45, 7) is 11.6. The Morgan fingerprint density at radius 2 is 2.00 bits per heavy atom. The van der Waals surface area contributed by atoms with Crippen molar-refractivity contribution in [3.8, 4) is 17.2 Å². The molecule has 1 amide bonds. The topological polar surface area (TPSA) is 123 Å². The van der Waals surface area contributed by atoms with E-state index in [2.05, 4.69) is 64.0 Å². The molecular weight excluding hydrogens is 583 g/mol. The molecule has 0 radical (unpaired) electrons. The molecule has 2 aromatic carbocycles. The van der Waals surface area contributed by atoms with Gasteiger partial charge in [0, 0.05) is 42.0 Å². The molecule has 2 fully saturated rings. The summed E-state index contributed by atoms with van der Waals surface area (Å²) in [7, 11) is 4.12. The quantitative estimate of drug-likeness (QED) is 0.262. The molecule has 0 saturated carbocycles. The largest absolute Gasteiger partial charge is 0.351 e. The number of piperidine rings is 1. The van der Waals surface area contributed by atoms with Gasteiger partial charge in [-0.15, -0.1) is 5.10 Å². The Morgan fingerprint density at radius 1 is 1.22 bits per heavy atom. The van der Waals surface area contributed by atoms with Gasteiger partial charge in [0.1, 0.15) is 11.0 Å². The number of hydrogen-bond acceptors (Lipinski definition) is 8. The summed E-state index contributed by atoms with van der Waals surface area (Å²) in [5.74, 6) is 0.0224. The normalized spacial score (nSPS) is 19.6. The summed E-state index contributed by atoms with van der Waals surface area (Å²) in [5.41, 5.74) is 5.38. The van der Waals surface area contributed by atoms with E-state index in [0.29, 0.717) is 54.8 Å². The molecule has 46 heavy (non-hydrogen) atoms. The van der Waals surface area contributed by atoms with E-state index in [1.807, 2.05) is 36.7 Å². The van der Waals surface area contributed by atoms with Crippen LogP contribution in [-0.4, -0.2) is 91.2 Å². The van der Waals surface area contributed by atoms with Gasteiger partial charge in [-0.05, 0) is 82.6 Å². The number of aromatic nitrogens is 6. The van der Waals surface area contributed by atoms with Crippen LogP contribution in [0.1, 0.15) is 43.4 Å². The van der Waals surface area contributed by atoms with Crippen LogP contribution in [0.5, 0.6) is 0 Å². The summed E-state index contributed by atoms with van der Waals surface area (Å²) in [6.07, 6.45) is 4.37. The van der Waals surface area contributed by atoms with Gasteiger partial charge >= 0.3 is 0 Å². The van der Waals surface area contributed by atoms with E-state index < -0.39 is 5.82 Å². The van der Waals surface area contributed by atoms with Gasteiger partial charge < -0.3 is 14.7 Å². The lowest BCUT2D eigenvalue weighted by Gasteiger charge is -2.52. The second kappa shape index (κ2) is 10.9. The number of nitrogens with zero attached hydrogens (tertiary/aromatic N) is 9. The lowest BCUT2D eigenvalue weighted by Crippen LogP contribution is -2.67. The zero-order valence-electron chi connectivity index (χ0n) is 26.8.